The summed E-state index contributed by atoms with van der Waals surface area (Å²) in [6.45, 7) is 14.3. The fourth-order valence-electron chi connectivity index (χ4n) is 2.29. The lowest BCUT2D eigenvalue weighted by molar-refractivity contribution is 0.0606. The van der Waals surface area contributed by atoms with E-state index in [1.807, 2.05) is 24.3 Å². The van der Waals surface area contributed by atoms with Crippen molar-refractivity contribution in [2.75, 3.05) is 27.4 Å². The van der Waals surface area contributed by atoms with Gasteiger partial charge in [-0.15, -0.1) is 22.9 Å². The van der Waals surface area contributed by atoms with Gasteiger partial charge in [0.1, 0.15) is 53.1 Å². The van der Waals surface area contributed by atoms with Crippen LogP contribution in [0, 0.1) is 22.9 Å². The number of ether oxygens (including phenoxy) is 4. The lowest BCUT2D eigenvalue weighted by Crippen LogP contribution is -2.21. The summed E-state index contributed by atoms with van der Waals surface area (Å²) in [5.41, 5.74) is 6.72. The van der Waals surface area contributed by atoms with Gasteiger partial charge in [-0.05, 0) is 24.3 Å². The van der Waals surface area contributed by atoms with Crippen molar-refractivity contribution in [3.63, 3.8) is 0 Å². The summed E-state index contributed by atoms with van der Waals surface area (Å²) in [6.07, 6.45) is 1.29. The number of benzene rings is 1. The van der Waals surface area contributed by atoms with Gasteiger partial charge < -0.3 is 18.9 Å². The lowest BCUT2D eigenvalue weighted by atomic mass is 10.2. The molecule has 0 N–H and O–H groups in total. The molecule has 6 heteroatoms. The summed E-state index contributed by atoms with van der Waals surface area (Å²) in [7, 11) is 0.689. The standard InChI is InChI=1S/C24H38O4Si2/c1-25-23(11-9-17-29(3,4)5)19-27-21-13-15-22(16-14-21)28-20-24(26-2)12-10-18-30(6,7)8/h13-16,23-24H,11-12,19-20H2,1-8H3/t23-,24-/m1/s1. The predicted molar refractivity (Wildman–Crippen MR) is 131 cm³/mol. The Morgan fingerprint density at radius 1 is 0.667 bits per heavy atom. The van der Waals surface area contributed by atoms with E-state index < -0.39 is 16.1 Å². The minimum Gasteiger partial charge on any atom is -0.491 e. The van der Waals surface area contributed by atoms with E-state index in [4.69, 9.17) is 18.9 Å². The van der Waals surface area contributed by atoms with Crippen molar-refractivity contribution < 1.29 is 18.9 Å². The van der Waals surface area contributed by atoms with E-state index in [1.54, 1.807) is 14.2 Å². The molecule has 0 fully saturated rings. The SMILES string of the molecule is CO[C@H](CC#C[Si](C)(C)C)COc1ccc(OC[C@@H](CC#C[Si](C)(C)C)OC)cc1. The van der Waals surface area contributed by atoms with Gasteiger partial charge in [-0.2, -0.15) is 0 Å². The van der Waals surface area contributed by atoms with Gasteiger partial charge in [0.05, 0.1) is 0 Å². The summed E-state index contributed by atoms with van der Waals surface area (Å²) in [4.78, 5) is 0. The molecule has 0 aliphatic carbocycles. The Morgan fingerprint density at radius 3 is 1.27 bits per heavy atom. The van der Waals surface area contributed by atoms with Crippen LogP contribution in [0.15, 0.2) is 24.3 Å². The van der Waals surface area contributed by atoms with Crippen LogP contribution in [0.3, 0.4) is 0 Å². The van der Waals surface area contributed by atoms with Crippen LogP contribution in [0.2, 0.25) is 39.3 Å². The highest BCUT2D eigenvalue weighted by atomic mass is 28.3. The largest absolute Gasteiger partial charge is 0.491 e. The normalized spacial score (nSPS) is 13.3. The van der Waals surface area contributed by atoms with Gasteiger partial charge in [0.15, 0.2) is 0 Å². The molecule has 0 saturated heterocycles. The molecule has 0 spiro atoms. The third kappa shape index (κ3) is 12.8. The lowest BCUT2D eigenvalue weighted by Gasteiger charge is -2.16. The molecule has 1 aromatic rings. The molecule has 0 heterocycles. The highest BCUT2D eigenvalue weighted by Gasteiger charge is 2.11. The third-order valence-electron chi connectivity index (χ3n) is 3.95. The molecule has 2 atom stereocenters. The number of rotatable bonds is 10. The molecule has 0 radical (unpaired) electrons. The van der Waals surface area contributed by atoms with E-state index in [2.05, 4.69) is 62.2 Å². The Balaban J connectivity index is 2.48. The molecule has 30 heavy (non-hydrogen) atoms. The number of methoxy groups -OCH3 is 2. The molecule has 0 aliphatic rings. The van der Waals surface area contributed by atoms with E-state index in [-0.39, 0.29) is 12.2 Å². The minimum absolute atomic E-state index is 0.0375. The fourth-order valence-corrected chi connectivity index (χ4v) is 3.56. The minimum atomic E-state index is -1.35. The zero-order valence-electron chi connectivity index (χ0n) is 19.9. The molecule has 0 aromatic heterocycles. The van der Waals surface area contributed by atoms with Gasteiger partial charge in [0, 0.05) is 27.1 Å². The van der Waals surface area contributed by atoms with E-state index in [1.165, 1.54) is 0 Å². The Labute approximate surface area is 185 Å². The van der Waals surface area contributed by atoms with Crippen LogP contribution < -0.4 is 9.47 Å². The van der Waals surface area contributed by atoms with Crippen molar-refractivity contribution in [1.82, 2.24) is 0 Å². The maximum absolute atomic E-state index is 5.85. The van der Waals surface area contributed by atoms with Crippen LogP contribution in [-0.4, -0.2) is 55.8 Å². The first-order valence-electron chi connectivity index (χ1n) is 10.4. The van der Waals surface area contributed by atoms with Crippen molar-refractivity contribution in [3.8, 4) is 34.4 Å². The Hall–Kier alpha value is -1.71. The quantitative estimate of drug-likeness (QED) is 0.374. The summed E-state index contributed by atoms with van der Waals surface area (Å²) in [5.74, 6) is 8.06. The van der Waals surface area contributed by atoms with Gasteiger partial charge >= 0.3 is 0 Å². The Morgan fingerprint density at radius 2 is 1.00 bits per heavy atom. The van der Waals surface area contributed by atoms with E-state index in [0.29, 0.717) is 26.1 Å². The van der Waals surface area contributed by atoms with Crippen molar-refractivity contribution >= 4 is 16.1 Å². The summed E-state index contributed by atoms with van der Waals surface area (Å²) in [5, 5.41) is 0. The first kappa shape index (κ1) is 26.3. The molecule has 0 aliphatic heterocycles. The second kappa shape index (κ2) is 12.9. The third-order valence-corrected chi connectivity index (χ3v) is 5.80. The van der Waals surface area contributed by atoms with Crippen LogP contribution in [-0.2, 0) is 9.47 Å². The van der Waals surface area contributed by atoms with E-state index >= 15 is 0 Å². The van der Waals surface area contributed by atoms with Crippen LogP contribution in [0.1, 0.15) is 12.8 Å². The molecule has 0 amide bonds. The topological polar surface area (TPSA) is 36.9 Å². The van der Waals surface area contributed by atoms with Gasteiger partial charge in [-0.3, -0.25) is 0 Å². The molecule has 1 rings (SSSR count). The molecule has 166 valence electrons. The maximum atomic E-state index is 5.85. The smallest absolute Gasteiger partial charge is 0.129 e. The Kier molecular flexibility index (Phi) is 11.3. The van der Waals surface area contributed by atoms with E-state index in [0.717, 1.165) is 11.5 Å². The van der Waals surface area contributed by atoms with Gasteiger partial charge in [-0.1, -0.05) is 39.3 Å². The highest BCUT2D eigenvalue weighted by molar-refractivity contribution is 6.84. The van der Waals surface area contributed by atoms with Crippen LogP contribution >= 0.6 is 0 Å². The molecule has 0 saturated carbocycles. The predicted octanol–water partition coefficient (Wildman–Crippen LogP) is 5.02. The summed E-state index contributed by atoms with van der Waals surface area (Å²) in [6, 6.07) is 7.62. The van der Waals surface area contributed by atoms with Crippen LogP contribution in [0.4, 0.5) is 0 Å². The molecule has 0 bridgehead atoms. The van der Waals surface area contributed by atoms with Gasteiger partial charge in [0.25, 0.3) is 0 Å². The summed E-state index contributed by atoms with van der Waals surface area (Å²) < 4.78 is 22.7. The maximum Gasteiger partial charge on any atom is 0.129 e. The number of hydrogen-bond donors (Lipinski definition) is 0. The van der Waals surface area contributed by atoms with Crippen molar-refractivity contribution in [2.24, 2.45) is 0 Å². The monoisotopic (exact) mass is 446 g/mol. The molecule has 1 aromatic carbocycles. The van der Waals surface area contributed by atoms with Crippen LogP contribution in [0.5, 0.6) is 11.5 Å². The molecular weight excluding hydrogens is 408 g/mol. The second-order valence-electron chi connectivity index (χ2n) is 9.32. The van der Waals surface area contributed by atoms with Crippen molar-refractivity contribution in [3.05, 3.63) is 24.3 Å². The van der Waals surface area contributed by atoms with Gasteiger partial charge in [0.2, 0.25) is 0 Å². The zero-order valence-corrected chi connectivity index (χ0v) is 21.9. The average molecular weight is 447 g/mol. The first-order chi connectivity index (χ1) is 14.0. The van der Waals surface area contributed by atoms with Crippen LogP contribution in [0.25, 0.3) is 0 Å². The molecule has 4 nitrogen and oxygen atoms in total. The zero-order chi connectivity index (χ0) is 22.6. The first-order valence-corrected chi connectivity index (χ1v) is 17.4. The molecule has 0 unspecified atom stereocenters. The van der Waals surface area contributed by atoms with Gasteiger partial charge in [-0.25, -0.2) is 0 Å². The highest BCUT2D eigenvalue weighted by Crippen LogP contribution is 2.19. The Bertz CT molecular complexity index is 675. The average Bonchev–Trinajstić information content (AvgIpc) is 2.66. The van der Waals surface area contributed by atoms with Crippen molar-refractivity contribution in [2.45, 2.75) is 64.3 Å². The summed E-state index contributed by atoms with van der Waals surface area (Å²) >= 11 is 0. The second-order valence-corrected chi connectivity index (χ2v) is 18.8. The van der Waals surface area contributed by atoms with E-state index in [9.17, 15) is 0 Å². The van der Waals surface area contributed by atoms with Crippen molar-refractivity contribution in [1.29, 1.82) is 0 Å². The fraction of sp³-hybridized carbons (Fsp3) is 0.583. The number of hydrogen-bond acceptors (Lipinski definition) is 4. The molecular formula is C24H38O4Si2.